The summed E-state index contributed by atoms with van der Waals surface area (Å²) in [5.74, 6) is 0. The van der Waals surface area contributed by atoms with Crippen LogP contribution in [0.3, 0.4) is 0 Å². The van der Waals surface area contributed by atoms with Gasteiger partial charge < -0.3 is 24.4 Å². The summed E-state index contributed by atoms with van der Waals surface area (Å²) in [5, 5.41) is 18.8. The van der Waals surface area contributed by atoms with Gasteiger partial charge in [-0.3, -0.25) is 0 Å². The van der Waals surface area contributed by atoms with Gasteiger partial charge in [0.15, 0.2) is 6.29 Å². The Morgan fingerprint density at radius 3 is 2.33 bits per heavy atom. The molecule has 72 valence electrons. The van der Waals surface area contributed by atoms with Crippen LogP contribution in [0.2, 0.25) is 0 Å². The van der Waals surface area contributed by atoms with E-state index in [2.05, 4.69) is 0 Å². The molecule has 1 rings (SSSR count). The molecule has 4 atom stereocenters. The molecule has 0 radical (unpaired) electrons. The molecule has 12 heavy (non-hydrogen) atoms. The van der Waals surface area contributed by atoms with E-state index >= 15 is 0 Å². The van der Waals surface area contributed by atoms with E-state index in [9.17, 15) is 10.2 Å². The minimum atomic E-state index is -1.05. The molecule has 1 unspecified atom stereocenters. The Hall–Kier alpha value is -0.200. The molecule has 1 fully saturated rings. The summed E-state index contributed by atoms with van der Waals surface area (Å²) < 4.78 is 14.7. The predicted octanol–water partition coefficient (Wildman–Crippen LogP) is -1.27. The predicted molar refractivity (Wildman–Crippen MR) is 39.6 cm³/mol. The summed E-state index contributed by atoms with van der Waals surface area (Å²) in [6.45, 7) is 0.229. The van der Waals surface area contributed by atoms with Crippen molar-refractivity contribution in [2.75, 3.05) is 20.8 Å². The summed E-state index contributed by atoms with van der Waals surface area (Å²) in [5.41, 5.74) is 0. The molecular weight excluding hydrogens is 164 g/mol. The van der Waals surface area contributed by atoms with Gasteiger partial charge in [0.1, 0.15) is 18.3 Å². The second-order valence-corrected chi connectivity index (χ2v) is 2.69. The molecule has 0 aromatic heterocycles. The number of aliphatic hydroxyl groups is 2. The van der Waals surface area contributed by atoms with Crippen molar-refractivity contribution in [2.24, 2.45) is 0 Å². The van der Waals surface area contributed by atoms with Crippen LogP contribution >= 0.6 is 0 Å². The first-order chi connectivity index (χ1) is 5.70. The van der Waals surface area contributed by atoms with Crippen LogP contribution in [0, 0.1) is 0 Å². The van der Waals surface area contributed by atoms with E-state index in [1.807, 2.05) is 0 Å². The van der Waals surface area contributed by atoms with Crippen molar-refractivity contribution in [2.45, 2.75) is 24.6 Å². The standard InChI is InChI=1S/C7H14O5/c1-10-4-3-12-7(11-2)6(9)5(4)8/h4-9H,3H2,1-2H3/t4-,5-,6+,7?/m1/s1. The maximum absolute atomic E-state index is 9.40. The number of methoxy groups -OCH3 is 2. The van der Waals surface area contributed by atoms with Gasteiger partial charge in [0.2, 0.25) is 0 Å². The maximum Gasteiger partial charge on any atom is 0.185 e. The highest BCUT2D eigenvalue weighted by Crippen LogP contribution is 2.17. The molecule has 0 bridgehead atoms. The second-order valence-electron chi connectivity index (χ2n) is 2.69. The van der Waals surface area contributed by atoms with Gasteiger partial charge in [-0.2, -0.15) is 0 Å². The van der Waals surface area contributed by atoms with Crippen molar-refractivity contribution in [3.05, 3.63) is 0 Å². The smallest absolute Gasteiger partial charge is 0.185 e. The third-order valence-electron chi connectivity index (χ3n) is 1.97. The maximum atomic E-state index is 9.40. The number of hydrogen-bond acceptors (Lipinski definition) is 5. The summed E-state index contributed by atoms with van der Waals surface area (Å²) in [7, 11) is 2.87. The topological polar surface area (TPSA) is 68.2 Å². The van der Waals surface area contributed by atoms with Crippen LogP contribution in [0.25, 0.3) is 0 Å². The van der Waals surface area contributed by atoms with Crippen LogP contribution in [-0.2, 0) is 14.2 Å². The molecular formula is C7H14O5. The summed E-state index contributed by atoms with van der Waals surface area (Å²) in [6.07, 6.45) is -3.24. The van der Waals surface area contributed by atoms with E-state index in [1.54, 1.807) is 0 Å². The van der Waals surface area contributed by atoms with Gasteiger partial charge >= 0.3 is 0 Å². The van der Waals surface area contributed by atoms with Crippen LogP contribution in [0.5, 0.6) is 0 Å². The quantitative estimate of drug-likeness (QED) is 0.551. The average Bonchev–Trinajstić information content (AvgIpc) is 2.10. The molecule has 0 aromatic carbocycles. The number of aliphatic hydroxyl groups excluding tert-OH is 2. The molecule has 0 saturated carbocycles. The first kappa shape index (κ1) is 9.88. The van der Waals surface area contributed by atoms with E-state index in [0.29, 0.717) is 0 Å². The monoisotopic (exact) mass is 178 g/mol. The first-order valence-corrected chi connectivity index (χ1v) is 3.74. The van der Waals surface area contributed by atoms with Crippen molar-refractivity contribution in [1.82, 2.24) is 0 Å². The highest BCUT2D eigenvalue weighted by Gasteiger charge is 2.38. The van der Waals surface area contributed by atoms with Crippen LogP contribution < -0.4 is 0 Å². The Bertz CT molecular complexity index is 124. The molecule has 0 spiro atoms. The summed E-state index contributed by atoms with van der Waals surface area (Å²) in [4.78, 5) is 0. The van der Waals surface area contributed by atoms with Gasteiger partial charge in [-0.1, -0.05) is 0 Å². The fourth-order valence-corrected chi connectivity index (χ4v) is 1.18. The Kier molecular flexibility index (Phi) is 3.42. The van der Waals surface area contributed by atoms with Crippen LogP contribution in [0.1, 0.15) is 0 Å². The molecule has 1 aliphatic heterocycles. The zero-order chi connectivity index (χ0) is 9.14. The van der Waals surface area contributed by atoms with Gasteiger partial charge in [-0.15, -0.1) is 0 Å². The molecule has 5 heteroatoms. The zero-order valence-corrected chi connectivity index (χ0v) is 7.14. The van der Waals surface area contributed by atoms with Gasteiger partial charge in [-0.25, -0.2) is 0 Å². The highest BCUT2D eigenvalue weighted by molar-refractivity contribution is 4.83. The van der Waals surface area contributed by atoms with Gasteiger partial charge in [0.25, 0.3) is 0 Å². The fraction of sp³-hybridized carbons (Fsp3) is 1.00. The molecule has 1 saturated heterocycles. The number of ether oxygens (including phenoxy) is 3. The van der Waals surface area contributed by atoms with Crippen molar-refractivity contribution >= 4 is 0 Å². The average molecular weight is 178 g/mol. The summed E-state index contributed by atoms with van der Waals surface area (Å²) in [6, 6.07) is 0. The van der Waals surface area contributed by atoms with E-state index in [4.69, 9.17) is 14.2 Å². The highest BCUT2D eigenvalue weighted by atomic mass is 16.7. The summed E-state index contributed by atoms with van der Waals surface area (Å²) >= 11 is 0. The SMILES string of the molecule is COC1OC[C@@H](OC)[C@@H](O)[C@@H]1O. The van der Waals surface area contributed by atoms with Gasteiger partial charge in [-0.05, 0) is 0 Å². The molecule has 2 N–H and O–H groups in total. The van der Waals surface area contributed by atoms with Gasteiger partial charge in [0, 0.05) is 14.2 Å². The third kappa shape index (κ3) is 1.75. The number of hydrogen-bond donors (Lipinski definition) is 2. The second kappa shape index (κ2) is 4.15. The molecule has 5 nitrogen and oxygen atoms in total. The molecule has 0 amide bonds. The first-order valence-electron chi connectivity index (χ1n) is 3.74. The lowest BCUT2D eigenvalue weighted by molar-refractivity contribution is -0.265. The van der Waals surface area contributed by atoms with Crippen LogP contribution in [0.15, 0.2) is 0 Å². The Balaban J connectivity index is 2.52. The van der Waals surface area contributed by atoms with E-state index < -0.39 is 24.6 Å². The molecule has 0 aromatic rings. The Morgan fingerprint density at radius 1 is 1.17 bits per heavy atom. The minimum Gasteiger partial charge on any atom is -0.387 e. The normalized spacial score (nSPS) is 43.0. The molecule has 1 aliphatic rings. The lowest BCUT2D eigenvalue weighted by Gasteiger charge is -2.35. The van der Waals surface area contributed by atoms with Gasteiger partial charge in [0.05, 0.1) is 6.61 Å². The zero-order valence-electron chi connectivity index (χ0n) is 7.14. The lowest BCUT2D eigenvalue weighted by atomic mass is 10.1. The van der Waals surface area contributed by atoms with Crippen molar-refractivity contribution in [3.8, 4) is 0 Å². The molecule has 0 aliphatic carbocycles. The van der Waals surface area contributed by atoms with Crippen molar-refractivity contribution < 1.29 is 24.4 Å². The van der Waals surface area contributed by atoms with Crippen LogP contribution in [-0.4, -0.2) is 55.6 Å². The fourth-order valence-electron chi connectivity index (χ4n) is 1.18. The van der Waals surface area contributed by atoms with E-state index in [-0.39, 0.29) is 6.61 Å². The molecule has 1 heterocycles. The third-order valence-corrected chi connectivity index (χ3v) is 1.97. The lowest BCUT2D eigenvalue weighted by Crippen LogP contribution is -2.54. The largest absolute Gasteiger partial charge is 0.387 e. The Labute approximate surface area is 70.9 Å². The Morgan fingerprint density at radius 2 is 1.83 bits per heavy atom. The van der Waals surface area contributed by atoms with Crippen molar-refractivity contribution in [3.63, 3.8) is 0 Å². The number of rotatable bonds is 2. The van der Waals surface area contributed by atoms with Crippen molar-refractivity contribution in [1.29, 1.82) is 0 Å². The van der Waals surface area contributed by atoms with E-state index in [0.717, 1.165) is 0 Å². The van der Waals surface area contributed by atoms with Crippen LogP contribution in [0.4, 0.5) is 0 Å². The van der Waals surface area contributed by atoms with E-state index in [1.165, 1.54) is 14.2 Å². The minimum absolute atomic E-state index is 0.229.